The fourth-order valence-corrected chi connectivity index (χ4v) is 4.29. The lowest BCUT2D eigenvalue weighted by Gasteiger charge is -2.35. The minimum absolute atomic E-state index is 0.0685. The topological polar surface area (TPSA) is 51.0 Å². The van der Waals surface area contributed by atoms with Crippen molar-refractivity contribution in [2.45, 2.75) is 51.6 Å². The highest BCUT2D eigenvalue weighted by Crippen LogP contribution is 2.35. The molecule has 1 aliphatic carbocycles. The van der Waals surface area contributed by atoms with E-state index in [0.29, 0.717) is 0 Å². The largest absolute Gasteiger partial charge is 0.328 e. The summed E-state index contributed by atoms with van der Waals surface area (Å²) in [5.41, 5.74) is 1.07. The van der Waals surface area contributed by atoms with Crippen LogP contribution >= 0.6 is 11.3 Å². The predicted octanol–water partition coefficient (Wildman–Crippen LogP) is 3.43. The number of carbonyl (C=O) groups excluding carboxylic acids is 1. The first-order valence-electron chi connectivity index (χ1n) is 8.47. The zero-order chi connectivity index (χ0) is 15.8. The summed E-state index contributed by atoms with van der Waals surface area (Å²) in [4.78, 5) is 15.9. The Balaban J connectivity index is 1.61. The predicted molar refractivity (Wildman–Crippen MR) is 89.4 cm³/mol. The molecular weight excluding hydrogens is 308 g/mol. The molecule has 4 rings (SSSR count). The first-order valence-corrected chi connectivity index (χ1v) is 9.35. The number of likely N-dealkylation sites (tertiary alicyclic amines) is 1. The van der Waals surface area contributed by atoms with Crippen molar-refractivity contribution >= 4 is 17.2 Å². The maximum atomic E-state index is 13.0. The molecular formula is C17H22N4OS. The number of nitrogens with zero attached hydrogens (tertiary/aromatic N) is 4. The van der Waals surface area contributed by atoms with Crippen LogP contribution < -0.4 is 0 Å². The molecule has 2 aromatic rings. The van der Waals surface area contributed by atoms with Gasteiger partial charge in [-0.3, -0.25) is 4.79 Å². The smallest absolute Gasteiger partial charge is 0.264 e. The lowest BCUT2D eigenvalue weighted by Crippen LogP contribution is -2.39. The second kappa shape index (κ2) is 6.07. The summed E-state index contributed by atoms with van der Waals surface area (Å²) in [6.45, 7) is 3.83. The van der Waals surface area contributed by atoms with Gasteiger partial charge in [0, 0.05) is 13.1 Å². The van der Waals surface area contributed by atoms with E-state index in [1.807, 2.05) is 29.6 Å². The van der Waals surface area contributed by atoms with Gasteiger partial charge >= 0.3 is 0 Å². The van der Waals surface area contributed by atoms with Gasteiger partial charge in [0.2, 0.25) is 0 Å². The van der Waals surface area contributed by atoms with Crippen LogP contribution in [0.1, 0.15) is 59.2 Å². The molecule has 0 aromatic carbocycles. The van der Waals surface area contributed by atoms with Gasteiger partial charge in [-0.05, 0) is 62.0 Å². The van der Waals surface area contributed by atoms with E-state index < -0.39 is 0 Å². The zero-order valence-corrected chi connectivity index (χ0v) is 14.3. The summed E-state index contributed by atoms with van der Waals surface area (Å²) < 4.78 is 2.18. The molecule has 1 saturated carbocycles. The van der Waals surface area contributed by atoms with E-state index in [2.05, 4.69) is 14.8 Å². The van der Waals surface area contributed by atoms with E-state index in [1.54, 1.807) is 11.3 Å². The standard InChI is InChI=1S/C17H22N4OS/c1-12-7-9-23-15(12)17(22)21-8-3-2-4-14(21)16-19-18-11-20(16)10-13-5-6-13/h7,9,11,13-14H,2-6,8,10H2,1H3/t14-/m0/s1. The molecule has 2 aromatic heterocycles. The molecule has 23 heavy (non-hydrogen) atoms. The van der Waals surface area contributed by atoms with Crippen LogP contribution in [-0.4, -0.2) is 32.1 Å². The average Bonchev–Trinajstić information content (AvgIpc) is 3.08. The Morgan fingerprint density at radius 2 is 2.22 bits per heavy atom. The fraction of sp³-hybridized carbons (Fsp3) is 0.588. The lowest BCUT2D eigenvalue weighted by molar-refractivity contribution is 0.0598. The van der Waals surface area contributed by atoms with Gasteiger partial charge in [0.1, 0.15) is 6.33 Å². The number of hydrogen-bond donors (Lipinski definition) is 0. The Morgan fingerprint density at radius 1 is 1.35 bits per heavy atom. The molecule has 0 spiro atoms. The third kappa shape index (κ3) is 2.92. The van der Waals surface area contributed by atoms with Crippen molar-refractivity contribution in [1.29, 1.82) is 0 Å². The van der Waals surface area contributed by atoms with Crippen LogP contribution in [0.4, 0.5) is 0 Å². The highest BCUT2D eigenvalue weighted by Gasteiger charge is 2.34. The number of amides is 1. The number of thiophene rings is 1. The maximum absolute atomic E-state index is 13.0. The van der Waals surface area contributed by atoms with Gasteiger partial charge in [0.05, 0.1) is 10.9 Å². The van der Waals surface area contributed by atoms with E-state index in [4.69, 9.17) is 0 Å². The van der Waals surface area contributed by atoms with E-state index >= 15 is 0 Å². The molecule has 5 nitrogen and oxygen atoms in total. The molecule has 1 atom stereocenters. The van der Waals surface area contributed by atoms with E-state index in [1.165, 1.54) is 12.8 Å². The molecule has 1 aliphatic heterocycles. The number of aromatic nitrogens is 3. The summed E-state index contributed by atoms with van der Waals surface area (Å²) in [5, 5.41) is 10.5. The maximum Gasteiger partial charge on any atom is 0.264 e. The van der Waals surface area contributed by atoms with Crippen LogP contribution in [0, 0.1) is 12.8 Å². The molecule has 0 unspecified atom stereocenters. The first-order chi connectivity index (χ1) is 11.2. The van der Waals surface area contributed by atoms with Crippen LogP contribution in [-0.2, 0) is 6.54 Å². The third-order valence-corrected chi connectivity index (χ3v) is 5.92. The normalized spacial score (nSPS) is 21.6. The Hall–Kier alpha value is -1.69. The Kier molecular flexibility index (Phi) is 3.93. The first kappa shape index (κ1) is 14.9. The van der Waals surface area contributed by atoms with Gasteiger partial charge < -0.3 is 9.47 Å². The van der Waals surface area contributed by atoms with Gasteiger partial charge in [0.15, 0.2) is 5.82 Å². The van der Waals surface area contributed by atoms with Crippen molar-refractivity contribution in [3.8, 4) is 0 Å². The van der Waals surface area contributed by atoms with Crippen LogP contribution in [0.2, 0.25) is 0 Å². The Morgan fingerprint density at radius 3 is 2.96 bits per heavy atom. The number of hydrogen-bond acceptors (Lipinski definition) is 4. The summed E-state index contributed by atoms with van der Waals surface area (Å²) in [6.07, 6.45) is 7.65. The van der Waals surface area contributed by atoms with Crippen molar-refractivity contribution < 1.29 is 4.79 Å². The van der Waals surface area contributed by atoms with Crippen LogP contribution in [0.25, 0.3) is 0 Å². The molecule has 0 bridgehead atoms. The minimum Gasteiger partial charge on any atom is -0.328 e. The molecule has 0 radical (unpaired) electrons. The van der Waals surface area contributed by atoms with Gasteiger partial charge in [-0.15, -0.1) is 21.5 Å². The number of aryl methyl sites for hydroxylation is 1. The summed E-state index contributed by atoms with van der Waals surface area (Å²) in [6, 6.07) is 2.09. The SMILES string of the molecule is Cc1ccsc1C(=O)N1CCCC[C@H]1c1nncn1CC1CC1. The van der Waals surface area contributed by atoms with Crippen molar-refractivity contribution in [2.24, 2.45) is 5.92 Å². The second-order valence-corrected chi connectivity index (χ2v) is 7.64. The van der Waals surface area contributed by atoms with Gasteiger partial charge in [-0.2, -0.15) is 0 Å². The van der Waals surface area contributed by atoms with Crippen molar-refractivity contribution in [1.82, 2.24) is 19.7 Å². The summed E-state index contributed by atoms with van der Waals surface area (Å²) >= 11 is 1.54. The fourth-order valence-electron chi connectivity index (χ4n) is 3.41. The van der Waals surface area contributed by atoms with Gasteiger partial charge in [-0.1, -0.05) is 0 Å². The molecule has 122 valence electrons. The van der Waals surface area contributed by atoms with Crippen molar-refractivity contribution in [3.05, 3.63) is 34.0 Å². The molecule has 2 aliphatic rings. The number of piperidine rings is 1. The van der Waals surface area contributed by atoms with E-state index in [0.717, 1.165) is 54.5 Å². The highest BCUT2D eigenvalue weighted by molar-refractivity contribution is 7.12. The van der Waals surface area contributed by atoms with Crippen LogP contribution in [0.5, 0.6) is 0 Å². The third-order valence-electron chi connectivity index (χ3n) is 4.92. The number of carbonyl (C=O) groups is 1. The highest BCUT2D eigenvalue weighted by atomic mass is 32.1. The van der Waals surface area contributed by atoms with Gasteiger partial charge in [0.25, 0.3) is 5.91 Å². The summed E-state index contributed by atoms with van der Waals surface area (Å²) in [5.74, 6) is 1.90. The monoisotopic (exact) mass is 330 g/mol. The van der Waals surface area contributed by atoms with Gasteiger partial charge in [-0.25, -0.2) is 0 Å². The quantitative estimate of drug-likeness (QED) is 0.863. The van der Waals surface area contributed by atoms with E-state index in [9.17, 15) is 4.79 Å². The number of rotatable bonds is 4. The van der Waals surface area contributed by atoms with Crippen molar-refractivity contribution in [3.63, 3.8) is 0 Å². The van der Waals surface area contributed by atoms with Crippen molar-refractivity contribution in [2.75, 3.05) is 6.54 Å². The zero-order valence-electron chi connectivity index (χ0n) is 13.4. The summed E-state index contributed by atoms with van der Waals surface area (Å²) in [7, 11) is 0. The molecule has 1 amide bonds. The second-order valence-electron chi connectivity index (χ2n) is 6.73. The van der Waals surface area contributed by atoms with Crippen LogP contribution in [0.3, 0.4) is 0 Å². The molecule has 2 fully saturated rings. The van der Waals surface area contributed by atoms with E-state index in [-0.39, 0.29) is 11.9 Å². The molecule has 3 heterocycles. The Labute approximate surface area is 140 Å². The molecule has 0 N–H and O–H groups in total. The Bertz CT molecular complexity index is 703. The molecule has 6 heteroatoms. The molecule has 1 saturated heterocycles. The average molecular weight is 330 g/mol. The van der Waals surface area contributed by atoms with Crippen LogP contribution in [0.15, 0.2) is 17.8 Å². The minimum atomic E-state index is 0.0685. The lowest BCUT2D eigenvalue weighted by atomic mass is 10.0.